The molecule has 0 aliphatic heterocycles. The van der Waals surface area contributed by atoms with Crippen LogP contribution in [0.2, 0.25) is 0 Å². The molecule has 1 aliphatic carbocycles. The van der Waals surface area contributed by atoms with Crippen LogP contribution in [0.3, 0.4) is 0 Å². The molecule has 0 radical (unpaired) electrons. The van der Waals surface area contributed by atoms with Gasteiger partial charge >= 0.3 is 0 Å². The molecule has 0 spiro atoms. The fourth-order valence-electron chi connectivity index (χ4n) is 2.65. The zero-order valence-corrected chi connectivity index (χ0v) is 10.5. The number of hydrogen-bond acceptors (Lipinski definition) is 3. The Balaban J connectivity index is 1.94. The summed E-state index contributed by atoms with van der Waals surface area (Å²) >= 11 is 0. The predicted octanol–water partition coefficient (Wildman–Crippen LogP) is 2.17. The highest BCUT2D eigenvalue weighted by molar-refractivity contribution is 5.03. The van der Waals surface area contributed by atoms with Crippen molar-refractivity contribution < 1.29 is 0 Å². The smallest absolute Gasteiger partial charge is 0.0544 e. The van der Waals surface area contributed by atoms with E-state index in [9.17, 15) is 0 Å². The molecule has 94 valence electrons. The maximum Gasteiger partial charge on any atom is 0.0544 e. The first kappa shape index (κ1) is 12.5. The molecule has 0 atom stereocenters. The number of aromatic nitrogens is 1. The third-order valence-corrected chi connectivity index (χ3v) is 3.58. The van der Waals surface area contributed by atoms with Crippen molar-refractivity contribution in [3.05, 3.63) is 30.1 Å². The van der Waals surface area contributed by atoms with Crippen LogP contribution in [0.1, 0.15) is 37.8 Å². The number of pyridine rings is 1. The van der Waals surface area contributed by atoms with Crippen LogP contribution in [-0.2, 0) is 6.54 Å². The fraction of sp³-hybridized carbons (Fsp3) is 0.643. The maximum atomic E-state index is 5.63. The van der Waals surface area contributed by atoms with E-state index in [4.69, 9.17) is 5.73 Å². The van der Waals surface area contributed by atoms with Crippen LogP contribution in [0.4, 0.5) is 0 Å². The van der Waals surface area contributed by atoms with E-state index >= 15 is 0 Å². The Morgan fingerprint density at radius 2 is 2.12 bits per heavy atom. The fourth-order valence-corrected chi connectivity index (χ4v) is 2.65. The first-order valence-electron chi connectivity index (χ1n) is 6.74. The van der Waals surface area contributed by atoms with Crippen LogP contribution in [0.5, 0.6) is 0 Å². The van der Waals surface area contributed by atoms with Gasteiger partial charge in [0.05, 0.1) is 5.69 Å². The minimum Gasteiger partial charge on any atom is -0.330 e. The van der Waals surface area contributed by atoms with Crippen molar-refractivity contribution in [1.29, 1.82) is 0 Å². The molecule has 0 aromatic carbocycles. The molecule has 17 heavy (non-hydrogen) atoms. The molecule has 1 fully saturated rings. The molecule has 0 unspecified atom stereocenters. The summed E-state index contributed by atoms with van der Waals surface area (Å²) in [6.07, 6.45) is 8.42. The average Bonchev–Trinajstić information content (AvgIpc) is 2.89. The van der Waals surface area contributed by atoms with E-state index in [0.29, 0.717) is 0 Å². The van der Waals surface area contributed by atoms with Crippen LogP contribution in [0.15, 0.2) is 24.4 Å². The standard InChI is InChI=1S/C14H23N3/c15-9-5-11-17(14-7-1-2-8-14)12-13-6-3-4-10-16-13/h3-4,6,10,14H,1-2,5,7-9,11-12,15H2. The van der Waals surface area contributed by atoms with E-state index in [0.717, 1.165) is 32.1 Å². The lowest BCUT2D eigenvalue weighted by molar-refractivity contribution is 0.186. The van der Waals surface area contributed by atoms with Gasteiger partial charge in [0.15, 0.2) is 0 Å². The van der Waals surface area contributed by atoms with Crippen molar-refractivity contribution in [1.82, 2.24) is 9.88 Å². The van der Waals surface area contributed by atoms with Gasteiger partial charge in [-0.2, -0.15) is 0 Å². The van der Waals surface area contributed by atoms with Crippen LogP contribution in [0, 0.1) is 0 Å². The SMILES string of the molecule is NCCCN(Cc1ccccn1)C1CCCC1. The molecule has 3 heteroatoms. The Bertz CT molecular complexity index is 307. The normalized spacial score (nSPS) is 16.8. The molecular weight excluding hydrogens is 210 g/mol. The molecule has 1 heterocycles. The summed E-state index contributed by atoms with van der Waals surface area (Å²) in [7, 11) is 0. The van der Waals surface area contributed by atoms with Crippen LogP contribution in [0.25, 0.3) is 0 Å². The molecule has 3 nitrogen and oxygen atoms in total. The lowest BCUT2D eigenvalue weighted by Gasteiger charge is -2.28. The summed E-state index contributed by atoms with van der Waals surface area (Å²) in [6, 6.07) is 6.91. The van der Waals surface area contributed by atoms with Crippen LogP contribution < -0.4 is 5.73 Å². The van der Waals surface area contributed by atoms with Crippen molar-refractivity contribution in [2.75, 3.05) is 13.1 Å². The third-order valence-electron chi connectivity index (χ3n) is 3.58. The van der Waals surface area contributed by atoms with Crippen molar-refractivity contribution >= 4 is 0 Å². The largest absolute Gasteiger partial charge is 0.330 e. The van der Waals surface area contributed by atoms with Gasteiger partial charge in [0.25, 0.3) is 0 Å². The van der Waals surface area contributed by atoms with Gasteiger partial charge in [-0.25, -0.2) is 0 Å². The van der Waals surface area contributed by atoms with Gasteiger partial charge in [-0.3, -0.25) is 9.88 Å². The Labute approximate surface area is 104 Å². The highest BCUT2D eigenvalue weighted by atomic mass is 15.2. The Kier molecular flexibility index (Phi) is 4.95. The number of rotatable bonds is 6. The van der Waals surface area contributed by atoms with Gasteiger partial charge in [-0.15, -0.1) is 0 Å². The molecule has 2 rings (SSSR count). The topological polar surface area (TPSA) is 42.1 Å². The van der Waals surface area contributed by atoms with E-state index in [1.54, 1.807) is 0 Å². The summed E-state index contributed by atoms with van der Waals surface area (Å²) in [6.45, 7) is 2.87. The number of nitrogens with zero attached hydrogens (tertiary/aromatic N) is 2. The summed E-state index contributed by atoms with van der Waals surface area (Å²) in [5, 5.41) is 0. The summed E-state index contributed by atoms with van der Waals surface area (Å²) in [5.74, 6) is 0. The second kappa shape index (κ2) is 6.72. The van der Waals surface area contributed by atoms with Gasteiger partial charge in [-0.05, 0) is 37.9 Å². The predicted molar refractivity (Wildman–Crippen MR) is 70.6 cm³/mol. The minimum absolute atomic E-state index is 0.753. The summed E-state index contributed by atoms with van der Waals surface area (Å²) in [4.78, 5) is 7.00. The van der Waals surface area contributed by atoms with E-state index in [1.807, 2.05) is 12.3 Å². The zero-order chi connectivity index (χ0) is 11.9. The second-order valence-corrected chi connectivity index (χ2v) is 4.87. The van der Waals surface area contributed by atoms with Gasteiger partial charge in [0.2, 0.25) is 0 Å². The molecule has 0 amide bonds. The molecule has 1 saturated carbocycles. The van der Waals surface area contributed by atoms with E-state index in [1.165, 1.54) is 31.4 Å². The Morgan fingerprint density at radius 3 is 2.76 bits per heavy atom. The minimum atomic E-state index is 0.753. The van der Waals surface area contributed by atoms with Crippen LogP contribution >= 0.6 is 0 Å². The molecule has 0 bridgehead atoms. The second-order valence-electron chi connectivity index (χ2n) is 4.87. The highest BCUT2D eigenvalue weighted by Crippen LogP contribution is 2.24. The summed E-state index contributed by atoms with van der Waals surface area (Å²) < 4.78 is 0. The van der Waals surface area contributed by atoms with Crippen molar-refractivity contribution in [3.8, 4) is 0 Å². The molecule has 0 saturated heterocycles. The van der Waals surface area contributed by atoms with Gasteiger partial charge in [-0.1, -0.05) is 18.9 Å². The van der Waals surface area contributed by atoms with E-state index in [2.05, 4.69) is 22.0 Å². The lowest BCUT2D eigenvalue weighted by Crippen LogP contribution is -2.34. The molecule has 1 aliphatic rings. The van der Waals surface area contributed by atoms with E-state index < -0.39 is 0 Å². The third kappa shape index (κ3) is 3.79. The van der Waals surface area contributed by atoms with Gasteiger partial charge < -0.3 is 5.73 Å². The maximum absolute atomic E-state index is 5.63. The Hall–Kier alpha value is -0.930. The average molecular weight is 233 g/mol. The number of hydrogen-bond donors (Lipinski definition) is 1. The quantitative estimate of drug-likeness (QED) is 0.819. The first-order chi connectivity index (χ1) is 8.40. The van der Waals surface area contributed by atoms with Crippen molar-refractivity contribution in [2.45, 2.75) is 44.7 Å². The Morgan fingerprint density at radius 1 is 1.29 bits per heavy atom. The van der Waals surface area contributed by atoms with Gasteiger partial charge in [0.1, 0.15) is 0 Å². The first-order valence-corrected chi connectivity index (χ1v) is 6.74. The number of nitrogens with two attached hydrogens (primary N) is 1. The van der Waals surface area contributed by atoms with E-state index in [-0.39, 0.29) is 0 Å². The highest BCUT2D eigenvalue weighted by Gasteiger charge is 2.22. The van der Waals surface area contributed by atoms with Gasteiger partial charge in [0, 0.05) is 25.3 Å². The van der Waals surface area contributed by atoms with Crippen molar-refractivity contribution in [3.63, 3.8) is 0 Å². The molecular formula is C14H23N3. The van der Waals surface area contributed by atoms with Crippen molar-refractivity contribution in [2.24, 2.45) is 5.73 Å². The molecule has 2 N–H and O–H groups in total. The monoisotopic (exact) mass is 233 g/mol. The molecule has 1 aromatic heterocycles. The zero-order valence-electron chi connectivity index (χ0n) is 10.5. The lowest BCUT2D eigenvalue weighted by atomic mass is 10.2. The van der Waals surface area contributed by atoms with Crippen LogP contribution in [-0.4, -0.2) is 29.0 Å². The molecule has 1 aromatic rings. The summed E-state index contributed by atoms with van der Waals surface area (Å²) in [5.41, 5.74) is 6.80.